The van der Waals surface area contributed by atoms with Crippen LogP contribution in [0, 0.1) is 6.92 Å². The van der Waals surface area contributed by atoms with E-state index in [1.807, 2.05) is 41.8 Å². The van der Waals surface area contributed by atoms with Crippen LogP contribution >= 0.6 is 0 Å². The van der Waals surface area contributed by atoms with E-state index in [1.54, 1.807) is 0 Å². The van der Waals surface area contributed by atoms with Crippen LogP contribution in [0.3, 0.4) is 0 Å². The van der Waals surface area contributed by atoms with Gasteiger partial charge in [0.1, 0.15) is 6.54 Å². The van der Waals surface area contributed by atoms with Crippen molar-refractivity contribution < 1.29 is 22.7 Å². The van der Waals surface area contributed by atoms with Gasteiger partial charge in [-0.2, -0.15) is 4.31 Å². The zero-order valence-corrected chi connectivity index (χ0v) is 18.1. The minimum Gasteiger partial charge on any atom is -0.456 e. The minimum atomic E-state index is -3.52. The maximum atomic E-state index is 12.6. The molecule has 0 spiro atoms. The summed E-state index contributed by atoms with van der Waals surface area (Å²) in [5.41, 5.74) is 2.16. The molecule has 0 radical (unpaired) electrons. The van der Waals surface area contributed by atoms with E-state index in [2.05, 4.69) is 0 Å². The first-order valence-electron chi connectivity index (χ1n) is 10.2. The monoisotopic (exact) mass is 440 g/mol. The number of para-hydroxylation sites is 1. The van der Waals surface area contributed by atoms with E-state index in [4.69, 9.17) is 4.74 Å². The normalized spacial score (nSPS) is 14.7. The van der Waals surface area contributed by atoms with Crippen LogP contribution in [0.2, 0.25) is 0 Å². The van der Waals surface area contributed by atoms with Gasteiger partial charge in [-0.25, -0.2) is 8.42 Å². The Bertz CT molecular complexity index is 1220. The summed E-state index contributed by atoms with van der Waals surface area (Å²) in [7, 11) is -3.52. The largest absolute Gasteiger partial charge is 0.456 e. The van der Waals surface area contributed by atoms with E-state index in [9.17, 15) is 18.0 Å². The number of benzene rings is 2. The van der Waals surface area contributed by atoms with Gasteiger partial charge in [-0.15, -0.1) is 0 Å². The lowest BCUT2D eigenvalue weighted by molar-refractivity contribution is -0.143. The number of carbonyl (C=O) groups excluding carboxylic acids is 2. The van der Waals surface area contributed by atoms with Crippen molar-refractivity contribution in [3.05, 3.63) is 65.9 Å². The van der Waals surface area contributed by atoms with Gasteiger partial charge >= 0.3 is 5.97 Å². The molecule has 0 N–H and O–H groups in total. The van der Waals surface area contributed by atoms with E-state index < -0.39 is 22.6 Å². The Morgan fingerprint density at radius 2 is 1.68 bits per heavy atom. The van der Waals surface area contributed by atoms with Crippen molar-refractivity contribution in [2.75, 3.05) is 19.7 Å². The summed E-state index contributed by atoms with van der Waals surface area (Å²) >= 11 is 0. The van der Waals surface area contributed by atoms with Crippen molar-refractivity contribution in [3.63, 3.8) is 0 Å². The van der Waals surface area contributed by atoms with Crippen molar-refractivity contribution >= 4 is 32.7 Å². The molecule has 0 unspecified atom stereocenters. The summed E-state index contributed by atoms with van der Waals surface area (Å²) < 4.78 is 33.6. The number of sulfonamides is 1. The quantitative estimate of drug-likeness (QED) is 0.416. The molecule has 2 aromatic carbocycles. The van der Waals surface area contributed by atoms with E-state index in [1.165, 1.54) is 28.6 Å². The molecule has 31 heavy (non-hydrogen) atoms. The number of esters is 1. The number of hydrogen-bond acceptors (Lipinski definition) is 5. The van der Waals surface area contributed by atoms with E-state index >= 15 is 0 Å². The SMILES string of the molecule is Cc1cc2ccccc2n1CC(=O)OCC(=O)c1ccc(S(=O)(=O)N2CCCC2)cc1. The number of fused-ring (bicyclic) bond motifs is 1. The second kappa shape index (κ2) is 8.64. The van der Waals surface area contributed by atoms with Gasteiger partial charge in [0, 0.05) is 29.9 Å². The third-order valence-electron chi connectivity index (χ3n) is 5.55. The molecular formula is C23H24N2O5S. The fourth-order valence-electron chi connectivity index (χ4n) is 3.85. The number of Topliss-reactive ketones (excluding diaryl/α,β-unsaturated/α-hetero) is 1. The van der Waals surface area contributed by atoms with Crippen LogP contribution in [0.1, 0.15) is 28.9 Å². The number of aromatic nitrogens is 1. The van der Waals surface area contributed by atoms with Gasteiger partial charge in [0.25, 0.3) is 0 Å². The smallest absolute Gasteiger partial charge is 0.326 e. The molecule has 1 aliphatic heterocycles. The van der Waals surface area contributed by atoms with Crippen LogP contribution in [0.4, 0.5) is 0 Å². The van der Waals surface area contributed by atoms with Gasteiger partial charge in [0.05, 0.1) is 4.90 Å². The lowest BCUT2D eigenvalue weighted by Crippen LogP contribution is -2.27. The van der Waals surface area contributed by atoms with Crippen LogP contribution in [0.15, 0.2) is 59.5 Å². The first kappa shape index (κ1) is 21.3. The van der Waals surface area contributed by atoms with Crippen LogP contribution in [0.25, 0.3) is 10.9 Å². The number of rotatable bonds is 7. The average molecular weight is 441 g/mol. The summed E-state index contributed by atoms with van der Waals surface area (Å²) in [5, 5.41) is 1.04. The number of ether oxygens (including phenoxy) is 1. The summed E-state index contributed by atoms with van der Waals surface area (Å²) in [6.45, 7) is 2.58. The first-order chi connectivity index (χ1) is 14.9. The van der Waals surface area contributed by atoms with Crippen molar-refractivity contribution in [1.82, 2.24) is 8.87 Å². The Morgan fingerprint density at radius 3 is 2.39 bits per heavy atom. The summed E-state index contributed by atoms with van der Waals surface area (Å²) in [4.78, 5) is 24.9. The molecule has 0 atom stereocenters. The molecule has 1 aromatic heterocycles. The predicted octanol–water partition coefficient (Wildman–Crippen LogP) is 3.16. The van der Waals surface area contributed by atoms with Crippen molar-refractivity contribution in [2.24, 2.45) is 0 Å². The molecule has 1 fully saturated rings. The molecule has 0 saturated carbocycles. The third-order valence-corrected chi connectivity index (χ3v) is 7.46. The zero-order valence-electron chi connectivity index (χ0n) is 17.3. The molecule has 0 amide bonds. The van der Waals surface area contributed by atoms with Gasteiger partial charge < -0.3 is 9.30 Å². The van der Waals surface area contributed by atoms with Crippen LogP contribution in [0.5, 0.6) is 0 Å². The van der Waals surface area contributed by atoms with Gasteiger partial charge in [0.2, 0.25) is 10.0 Å². The van der Waals surface area contributed by atoms with E-state index in [-0.39, 0.29) is 17.2 Å². The minimum absolute atomic E-state index is 0.0135. The highest BCUT2D eigenvalue weighted by Crippen LogP contribution is 2.21. The Morgan fingerprint density at radius 1 is 1.00 bits per heavy atom. The van der Waals surface area contributed by atoms with Crippen LogP contribution in [-0.4, -0.2) is 48.7 Å². The molecule has 4 rings (SSSR count). The average Bonchev–Trinajstić information content (AvgIpc) is 3.41. The highest BCUT2D eigenvalue weighted by Gasteiger charge is 2.27. The maximum Gasteiger partial charge on any atom is 0.326 e. The molecular weight excluding hydrogens is 416 g/mol. The molecule has 162 valence electrons. The van der Waals surface area contributed by atoms with Crippen molar-refractivity contribution in [1.29, 1.82) is 0 Å². The lowest BCUT2D eigenvalue weighted by Gasteiger charge is -2.15. The number of hydrogen-bond donors (Lipinski definition) is 0. The number of nitrogens with zero attached hydrogens (tertiary/aromatic N) is 2. The summed E-state index contributed by atoms with van der Waals surface area (Å²) in [5.74, 6) is -0.890. The van der Waals surface area contributed by atoms with Gasteiger partial charge in [-0.1, -0.05) is 18.2 Å². The summed E-state index contributed by atoms with van der Waals surface area (Å²) in [6.07, 6.45) is 1.72. The fourth-order valence-corrected chi connectivity index (χ4v) is 5.37. The molecule has 1 saturated heterocycles. The number of carbonyl (C=O) groups is 2. The molecule has 0 bridgehead atoms. The summed E-state index contributed by atoms with van der Waals surface area (Å²) in [6, 6.07) is 15.5. The number of ketones is 1. The molecule has 2 heterocycles. The van der Waals surface area contributed by atoms with Crippen LogP contribution in [-0.2, 0) is 26.1 Å². The van der Waals surface area contributed by atoms with Gasteiger partial charge in [-0.05, 0) is 61.5 Å². The predicted molar refractivity (Wildman–Crippen MR) is 116 cm³/mol. The van der Waals surface area contributed by atoms with Crippen LogP contribution < -0.4 is 0 Å². The molecule has 8 heteroatoms. The van der Waals surface area contributed by atoms with Gasteiger partial charge in [0.15, 0.2) is 12.4 Å². The second-order valence-corrected chi connectivity index (χ2v) is 9.59. The standard InChI is InChI=1S/C23H24N2O5S/c1-17-14-19-6-2-3-7-21(19)25(17)15-23(27)30-16-22(26)18-8-10-20(11-9-18)31(28,29)24-12-4-5-13-24/h2-3,6-11,14H,4-5,12-13,15-16H2,1H3. The molecule has 3 aromatic rings. The molecule has 0 aliphatic carbocycles. The zero-order chi connectivity index (χ0) is 22.0. The second-order valence-electron chi connectivity index (χ2n) is 7.65. The number of aryl methyl sites for hydroxylation is 1. The third kappa shape index (κ3) is 4.40. The fraction of sp³-hybridized carbons (Fsp3) is 0.304. The molecule has 7 nitrogen and oxygen atoms in total. The highest BCUT2D eigenvalue weighted by atomic mass is 32.2. The Kier molecular flexibility index (Phi) is 5.93. The van der Waals surface area contributed by atoms with Crippen molar-refractivity contribution in [3.8, 4) is 0 Å². The van der Waals surface area contributed by atoms with Crippen molar-refractivity contribution in [2.45, 2.75) is 31.2 Å². The van der Waals surface area contributed by atoms with E-state index in [0.717, 1.165) is 29.4 Å². The topological polar surface area (TPSA) is 85.7 Å². The maximum absolute atomic E-state index is 12.6. The molecule has 1 aliphatic rings. The lowest BCUT2D eigenvalue weighted by atomic mass is 10.1. The van der Waals surface area contributed by atoms with E-state index in [0.29, 0.717) is 18.7 Å². The Balaban J connectivity index is 1.37. The highest BCUT2D eigenvalue weighted by molar-refractivity contribution is 7.89. The Hall–Kier alpha value is -2.97. The van der Waals surface area contributed by atoms with Gasteiger partial charge in [-0.3, -0.25) is 9.59 Å². The first-order valence-corrected chi connectivity index (χ1v) is 11.6. The Labute approximate surface area is 181 Å².